The van der Waals surface area contributed by atoms with Crippen LogP contribution in [0.1, 0.15) is 20.7 Å². The second-order valence-corrected chi connectivity index (χ2v) is 7.09. The number of hydrogen-bond donors (Lipinski definition) is 1. The van der Waals surface area contributed by atoms with Crippen LogP contribution < -0.4 is 14.8 Å². The molecule has 30 heavy (non-hydrogen) atoms. The van der Waals surface area contributed by atoms with Crippen LogP contribution in [0.25, 0.3) is 0 Å². The minimum Gasteiger partial charge on any atom is -0.497 e. The van der Waals surface area contributed by atoms with E-state index in [9.17, 15) is 9.59 Å². The summed E-state index contributed by atoms with van der Waals surface area (Å²) in [6.07, 6.45) is 1.34. The lowest BCUT2D eigenvalue weighted by atomic mass is 9.91. The van der Waals surface area contributed by atoms with E-state index >= 15 is 0 Å². The maximum atomic E-state index is 13.0. The summed E-state index contributed by atoms with van der Waals surface area (Å²) in [6.45, 7) is 4.38. The van der Waals surface area contributed by atoms with Gasteiger partial charge in [0.25, 0.3) is 0 Å². The number of ketones is 2. The van der Waals surface area contributed by atoms with Crippen molar-refractivity contribution in [3.63, 3.8) is 0 Å². The van der Waals surface area contributed by atoms with Crippen LogP contribution >= 0.6 is 0 Å². The number of benzene rings is 2. The minimum absolute atomic E-state index is 0.237. The van der Waals surface area contributed by atoms with Crippen molar-refractivity contribution < 1.29 is 23.8 Å². The molecule has 0 saturated carbocycles. The van der Waals surface area contributed by atoms with Gasteiger partial charge in [-0.1, -0.05) is 6.07 Å². The van der Waals surface area contributed by atoms with E-state index in [0.717, 1.165) is 32.8 Å². The molecule has 1 aliphatic carbocycles. The summed E-state index contributed by atoms with van der Waals surface area (Å²) in [5.41, 5.74) is 1.61. The van der Waals surface area contributed by atoms with Gasteiger partial charge in [0.05, 0.1) is 31.6 Å². The number of carbonyl (C=O) groups excluding carboxylic acids is 2. The average Bonchev–Trinajstić information content (AvgIpc) is 2.78. The number of morpholine rings is 1. The molecule has 0 amide bonds. The summed E-state index contributed by atoms with van der Waals surface area (Å²) in [7, 11) is 1.59. The predicted molar refractivity (Wildman–Crippen MR) is 113 cm³/mol. The highest BCUT2D eigenvalue weighted by Crippen LogP contribution is 2.30. The van der Waals surface area contributed by atoms with Crippen LogP contribution in [0, 0.1) is 0 Å². The molecule has 1 heterocycles. The number of nitrogens with zero attached hydrogens (tertiary/aromatic N) is 1. The van der Waals surface area contributed by atoms with Crippen LogP contribution in [-0.4, -0.2) is 63.0 Å². The fraction of sp³-hybridized carbons (Fsp3) is 0.304. The molecule has 7 heteroatoms. The smallest absolute Gasteiger partial charge is 0.210 e. The van der Waals surface area contributed by atoms with E-state index in [2.05, 4.69) is 10.2 Å². The van der Waals surface area contributed by atoms with Crippen LogP contribution in [0.2, 0.25) is 0 Å². The molecule has 0 spiro atoms. The Morgan fingerprint density at radius 1 is 1.07 bits per heavy atom. The van der Waals surface area contributed by atoms with Crippen LogP contribution in [-0.2, 0) is 4.74 Å². The van der Waals surface area contributed by atoms with Gasteiger partial charge in [0.1, 0.15) is 18.1 Å². The van der Waals surface area contributed by atoms with Crippen LogP contribution in [0.4, 0.5) is 5.69 Å². The zero-order valence-electron chi connectivity index (χ0n) is 16.8. The van der Waals surface area contributed by atoms with Gasteiger partial charge in [0.15, 0.2) is 5.78 Å². The second kappa shape index (κ2) is 9.11. The summed E-state index contributed by atoms with van der Waals surface area (Å²) < 4.78 is 16.4. The second-order valence-electron chi connectivity index (χ2n) is 7.09. The highest BCUT2D eigenvalue weighted by Gasteiger charge is 2.28. The van der Waals surface area contributed by atoms with E-state index in [1.54, 1.807) is 49.6 Å². The third-order valence-corrected chi connectivity index (χ3v) is 5.18. The summed E-state index contributed by atoms with van der Waals surface area (Å²) in [5, 5.41) is 3.03. The Bertz CT molecular complexity index is 962. The van der Waals surface area contributed by atoms with Crippen molar-refractivity contribution in [2.75, 3.05) is 51.9 Å². The van der Waals surface area contributed by atoms with Gasteiger partial charge in [-0.3, -0.25) is 14.5 Å². The number of rotatable bonds is 7. The van der Waals surface area contributed by atoms with E-state index in [1.165, 1.54) is 6.08 Å². The maximum Gasteiger partial charge on any atom is 0.210 e. The number of nitrogens with one attached hydrogen (secondary N) is 1. The topological polar surface area (TPSA) is 77.1 Å². The lowest BCUT2D eigenvalue weighted by Crippen LogP contribution is -2.38. The number of ether oxygens (including phenoxy) is 3. The number of Topliss-reactive ketones (excluding diaryl/α,β-unsaturated/α-hetero) is 1. The average molecular weight is 408 g/mol. The molecule has 4 rings (SSSR count). The molecule has 1 fully saturated rings. The van der Waals surface area contributed by atoms with Crippen molar-refractivity contribution in [1.29, 1.82) is 0 Å². The Kier molecular flexibility index (Phi) is 6.11. The van der Waals surface area contributed by atoms with Gasteiger partial charge >= 0.3 is 0 Å². The number of methoxy groups -OCH3 is 1. The fourth-order valence-corrected chi connectivity index (χ4v) is 3.54. The van der Waals surface area contributed by atoms with Gasteiger partial charge < -0.3 is 19.5 Å². The zero-order chi connectivity index (χ0) is 20.9. The molecule has 1 aliphatic heterocycles. The van der Waals surface area contributed by atoms with Crippen molar-refractivity contribution in [2.45, 2.75) is 0 Å². The Morgan fingerprint density at radius 3 is 2.57 bits per heavy atom. The summed E-state index contributed by atoms with van der Waals surface area (Å²) in [6, 6.07) is 12.3. The molecule has 7 nitrogen and oxygen atoms in total. The Labute approximate surface area is 175 Å². The molecular formula is C23H24N2O5. The fourth-order valence-electron chi connectivity index (χ4n) is 3.54. The molecule has 0 aromatic heterocycles. The number of fused-ring (bicyclic) bond motifs is 1. The van der Waals surface area contributed by atoms with E-state index < -0.39 is 0 Å². The first-order valence-electron chi connectivity index (χ1n) is 9.93. The summed E-state index contributed by atoms with van der Waals surface area (Å²) >= 11 is 0. The normalized spacial score (nSPS) is 16.6. The largest absolute Gasteiger partial charge is 0.497 e. The number of allylic oxidation sites excluding steroid dienone is 2. The van der Waals surface area contributed by atoms with E-state index in [-0.39, 0.29) is 17.3 Å². The standard InChI is InChI=1S/C23H24N2O5/c1-28-17-7-5-16(6-8-17)24-19-15-20(26)22-18(23(19)27)3-2-4-21(22)30-14-11-25-9-12-29-13-10-25/h2-8,15,24H,9-14H2,1H3. The van der Waals surface area contributed by atoms with Crippen molar-refractivity contribution in [2.24, 2.45) is 0 Å². The number of hydrogen-bond acceptors (Lipinski definition) is 7. The van der Waals surface area contributed by atoms with Gasteiger partial charge in [-0.15, -0.1) is 0 Å². The van der Waals surface area contributed by atoms with E-state index in [1.807, 2.05) is 0 Å². The lowest BCUT2D eigenvalue weighted by Gasteiger charge is -2.26. The molecule has 0 bridgehead atoms. The third-order valence-electron chi connectivity index (χ3n) is 5.18. The predicted octanol–water partition coefficient (Wildman–Crippen LogP) is 2.78. The monoisotopic (exact) mass is 408 g/mol. The quantitative estimate of drug-likeness (QED) is 0.755. The summed E-state index contributed by atoms with van der Waals surface area (Å²) in [4.78, 5) is 28.1. The number of carbonyl (C=O) groups is 2. The Morgan fingerprint density at radius 2 is 1.83 bits per heavy atom. The first kappa shape index (κ1) is 20.1. The van der Waals surface area contributed by atoms with E-state index in [0.29, 0.717) is 34.9 Å². The molecule has 2 aliphatic rings. The highest BCUT2D eigenvalue weighted by molar-refractivity contribution is 6.26. The molecule has 1 N–H and O–H groups in total. The van der Waals surface area contributed by atoms with Gasteiger partial charge in [-0.2, -0.15) is 0 Å². The first-order chi connectivity index (χ1) is 14.7. The Balaban J connectivity index is 1.47. The molecule has 0 atom stereocenters. The van der Waals surface area contributed by atoms with Crippen molar-refractivity contribution in [3.05, 3.63) is 65.4 Å². The maximum absolute atomic E-state index is 13.0. The van der Waals surface area contributed by atoms with Gasteiger partial charge in [0.2, 0.25) is 5.78 Å². The van der Waals surface area contributed by atoms with Gasteiger partial charge in [-0.25, -0.2) is 0 Å². The molecule has 2 aromatic rings. The minimum atomic E-state index is -0.248. The van der Waals surface area contributed by atoms with Crippen molar-refractivity contribution >= 4 is 17.3 Å². The number of anilines is 1. The van der Waals surface area contributed by atoms with Gasteiger partial charge in [-0.05, 0) is 36.4 Å². The van der Waals surface area contributed by atoms with Crippen molar-refractivity contribution in [3.8, 4) is 11.5 Å². The lowest BCUT2D eigenvalue weighted by molar-refractivity contribution is 0.0322. The molecule has 1 saturated heterocycles. The van der Waals surface area contributed by atoms with Crippen LogP contribution in [0.15, 0.2) is 54.2 Å². The zero-order valence-corrected chi connectivity index (χ0v) is 16.8. The third kappa shape index (κ3) is 4.37. The SMILES string of the molecule is COc1ccc(NC2=CC(=O)c3c(OCCN4CCOCC4)cccc3C2=O)cc1. The molecule has 0 unspecified atom stereocenters. The molecule has 2 aromatic carbocycles. The van der Waals surface area contributed by atoms with Crippen LogP contribution in [0.5, 0.6) is 11.5 Å². The van der Waals surface area contributed by atoms with Crippen molar-refractivity contribution in [1.82, 2.24) is 4.90 Å². The van der Waals surface area contributed by atoms with Gasteiger partial charge in [0, 0.05) is 37.0 Å². The molecular weight excluding hydrogens is 384 g/mol. The highest BCUT2D eigenvalue weighted by atomic mass is 16.5. The molecule has 0 radical (unpaired) electrons. The summed E-state index contributed by atoms with van der Waals surface area (Å²) in [5.74, 6) is 0.672. The van der Waals surface area contributed by atoms with E-state index in [4.69, 9.17) is 14.2 Å². The first-order valence-corrected chi connectivity index (χ1v) is 9.93. The molecule has 156 valence electrons. The Hall–Kier alpha value is -3.16. The van der Waals surface area contributed by atoms with Crippen LogP contribution in [0.3, 0.4) is 0 Å².